The summed E-state index contributed by atoms with van der Waals surface area (Å²) in [5, 5.41) is 0. The molecule has 2 atom stereocenters. The smallest absolute Gasteiger partial charge is 0.0270 e. The quantitative estimate of drug-likeness (QED) is 0.822. The second kappa shape index (κ2) is 3.93. The Morgan fingerprint density at radius 1 is 1.33 bits per heavy atom. The summed E-state index contributed by atoms with van der Waals surface area (Å²) in [6.45, 7) is 4.52. The first kappa shape index (κ1) is 10.6. The average Bonchev–Trinajstić information content (AvgIpc) is 2.29. The molecule has 0 amide bonds. The van der Waals surface area contributed by atoms with Gasteiger partial charge in [0, 0.05) is 18.4 Å². The number of nitrogens with two attached hydrogens (primary N) is 1. The van der Waals surface area contributed by atoms with E-state index in [9.17, 15) is 0 Å². The Morgan fingerprint density at radius 3 is 2.40 bits per heavy atom. The van der Waals surface area contributed by atoms with E-state index in [4.69, 9.17) is 5.73 Å². The first-order chi connectivity index (χ1) is 7.24. The summed E-state index contributed by atoms with van der Waals surface area (Å²) in [5.74, 6) is 0.644. The molecule has 2 N–H and O–H groups in total. The van der Waals surface area contributed by atoms with Gasteiger partial charge in [-0.15, -0.1) is 0 Å². The fourth-order valence-electron chi connectivity index (χ4n) is 3.15. The highest BCUT2D eigenvalue weighted by Crippen LogP contribution is 2.56. The summed E-state index contributed by atoms with van der Waals surface area (Å²) in [5.41, 5.74) is 7.94. The van der Waals surface area contributed by atoms with Gasteiger partial charge in [-0.1, -0.05) is 13.8 Å². The van der Waals surface area contributed by atoms with Gasteiger partial charge in [-0.25, -0.2) is 0 Å². The van der Waals surface area contributed by atoms with Crippen LogP contribution in [0.15, 0.2) is 24.5 Å². The first-order valence-corrected chi connectivity index (χ1v) is 5.90. The maximum Gasteiger partial charge on any atom is 0.0270 e. The van der Waals surface area contributed by atoms with Crippen LogP contribution in [-0.2, 0) is 0 Å². The first-order valence-electron chi connectivity index (χ1n) is 5.90. The zero-order valence-electron chi connectivity index (χ0n) is 9.61. The third kappa shape index (κ3) is 1.48. The largest absolute Gasteiger partial charge is 0.327 e. The van der Waals surface area contributed by atoms with Gasteiger partial charge in [-0.05, 0) is 48.3 Å². The lowest BCUT2D eigenvalue weighted by Gasteiger charge is -2.55. The summed E-state index contributed by atoms with van der Waals surface area (Å²) < 4.78 is 0. The van der Waals surface area contributed by atoms with E-state index >= 15 is 0 Å². The number of rotatable bonds is 3. The standard InChI is InChI=1S/C13H20N2/c1-3-13(4-2)11(9-12(13)14)10-5-7-15-8-6-10/h5-8,11-12H,3-4,9,14H2,1-2H3. The molecule has 0 saturated heterocycles. The number of pyridine rings is 1. The molecule has 15 heavy (non-hydrogen) atoms. The topological polar surface area (TPSA) is 38.9 Å². The molecule has 0 bridgehead atoms. The zero-order chi connectivity index (χ0) is 10.9. The Bertz CT molecular complexity index is 317. The van der Waals surface area contributed by atoms with E-state index in [-0.39, 0.29) is 0 Å². The van der Waals surface area contributed by atoms with Crippen molar-refractivity contribution in [1.29, 1.82) is 0 Å². The van der Waals surface area contributed by atoms with Crippen molar-refractivity contribution >= 4 is 0 Å². The molecule has 2 heteroatoms. The fourth-order valence-corrected chi connectivity index (χ4v) is 3.15. The second-order valence-corrected chi connectivity index (χ2v) is 4.62. The van der Waals surface area contributed by atoms with Crippen LogP contribution in [0.5, 0.6) is 0 Å². The maximum atomic E-state index is 6.19. The predicted molar refractivity (Wildman–Crippen MR) is 62.6 cm³/mol. The Balaban J connectivity index is 2.25. The highest BCUT2D eigenvalue weighted by molar-refractivity contribution is 5.26. The molecule has 0 aliphatic heterocycles. The van der Waals surface area contributed by atoms with E-state index in [2.05, 4.69) is 31.0 Å². The van der Waals surface area contributed by atoms with Gasteiger partial charge >= 0.3 is 0 Å². The van der Waals surface area contributed by atoms with E-state index in [0.29, 0.717) is 17.4 Å². The van der Waals surface area contributed by atoms with E-state index in [1.165, 1.54) is 18.4 Å². The molecule has 1 aromatic heterocycles. The highest BCUT2D eigenvalue weighted by atomic mass is 14.8. The van der Waals surface area contributed by atoms with Crippen LogP contribution < -0.4 is 5.73 Å². The molecular formula is C13H20N2. The molecular weight excluding hydrogens is 184 g/mol. The molecule has 1 aliphatic carbocycles. The van der Waals surface area contributed by atoms with Crippen LogP contribution >= 0.6 is 0 Å². The van der Waals surface area contributed by atoms with Crippen molar-refractivity contribution in [3.8, 4) is 0 Å². The number of aromatic nitrogens is 1. The van der Waals surface area contributed by atoms with Crippen molar-refractivity contribution in [2.24, 2.45) is 11.1 Å². The summed E-state index contributed by atoms with van der Waals surface area (Å²) in [6.07, 6.45) is 7.26. The third-order valence-corrected chi connectivity index (χ3v) is 4.35. The molecule has 0 spiro atoms. The summed E-state index contributed by atoms with van der Waals surface area (Å²) >= 11 is 0. The number of hydrogen-bond donors (Lipinski definition) is 1. The molecule has 2 rings (SSSR count). The van der Waals surface area contributed by atoms with Crippen LogP contribution in [0.1, 0.15) is 44.6 Å². The van der Waals surface area contributed by atoms with Crippen molar-refractivity contribution in [2.45, 2.75) is 45.1 Å². The van der Waals surface area contributed by atoms with E-state index in [1.807, 2.05) is 12.4 Å². The van der Waals surface area contributed by atoms with Gasteiger partial charge in [0.05, 0.1) is 0 Å². The minimum absolute atomic E-state index is 0.335. The normalized spacial score (nSPS) is 28.5. The Morgan fingerprint density at radius 2 is 1.93 bits per heavy atom. The molecule has 0 radical (unpaired) electrons. The minimum Gasteiger partial charge on any atom is -0.327 e. The molecule has 1 heterocycles. The van der Waals surface area contributed by atoms with E-state index < -0.39 is 0 Å². The lowest BCUT2D eigenvalue weighted by Crippen LogP contribution is -2.55. The Hall–Kier alpha value is -0.890. The van der Waals surface area contributed by atoms with Gasteiger partial charge < -0.3 is 5.73 Å². The van der Waals surface area contributed by atoms with Gasteiger partial charge in [-0.2, -0.15) is 0 Å². The average molecular weight is 204 g/mol. The molecule has 1 saturated carbocycles. The Kier molecular flexibility index (Phi) is 2.79. The molecule has 2 unspecified atom stereocenters. The molecule has 1 aliphatic rings. The van der Waals surface area contributed by atoms with Gasteiger partial charge in [0.25, 0.3) is 0 Å². The highest BCUT2D eigenvalue weighted by Gasteiger charge is 2.50. The molecule has 82 valence electrons. The summed E-state index contributed by atoms with van der Waals surface area (Å²) in [6, 6.07) is 4.65. The number of hydrogen-bond acceptors (Lipinski definition) is 2. The monoisotopic (exact) mass is 204 g/mol. The molecule has 1 aromatic rings. The minimum atomic E-state index is 0.335. The van der Waals surface area contributed by atoms with Crippen molar-refractivity contribution in [3.05, 3.63) is 30.1 Å². The third-order valence-electron chi connectivity index (χ3n) is 4.35. The van der Waals surface area contributed by atoms with Crippen LogP contribution in [0.25, 0.3) is 0 Å². The lowest BCUT2D eigenvalue weighted by molar-refractivity contribution is 0.0437. The van der Waals surface area contributed by atoms with Crippen molar-refractivity contribution in [3.63, 3.8) is 0 Å². The van der Waals surface area contributed by atoms with Gasteiger partial charge in [-0.3, -0.25) is 4.98 Å². The van der Waals surface area contributed by atoms with Crippen molar-refractivity contribution in [1.82, 2.24) is 4.98 Å². The van der Waals surface area contributed by atoms with Crippen molar-refractivity contribution < 1.29 is 0 Å². The van der Waals surface area contributed by atoms with Gasteiger partial charge in [0.2, 0.25) is 0 Å². The van der Waals surface area contributed by atoms with Crippen LogP contribution in [-0.4, -0.2) is 11.0 Å². The Labute approximate surface area is 91.9 Å². The molecule has 1 fully saturated rings. The number of nitrogens with zero attached hydrogens (tertiary/aromatic N) is 1. The lowest BCUT2D eigenvalue weighted by atomic mass is 9.52. The van der Waals surface area contributed by atoms with Crippen LogP contribution in [0.3, 0.4) is 0 Å². The van der Waals surface area contributed by atoms with Gasteiger partial charge in [0.1, 0.15) is 0 Å². The van der Waals surface area contributed by atoms with Gasteiger partial charge in [0.15, 0.2) is 0 Å². The fraction of sp³-hybridized carbons (Fsp3) is 0.615. The molecule has 2 nitrogen and oxygen atoms in total. The van der Waals surface area contributed by atoms with E-state index in [0.717, 1.165) is 6.42 Å². The van der Waals surface area contributed by atoms with Crippen molar-refractivity contribution in [2.75, 3.05) is 0 Å². The SMILES string of the molecule is CCC1(CC)C(N)CC1c1ccncc1. The predicted octanol–water partition coefficient (Wildman–Crippen LogP) is 2.70. The van der Waals surface area contributed by atoms with Crippen LogP contribution in [0.4, 0.5) is 0 Å². The summed E-state index contributed by atoms with van der Waals surface area (Å²) in [7, 11) is 0. The van der Waals surface area contributed by atoms with Crippen LogP contribution in [0.2, 0.25) is 0 Å². The van der Waals surface area contributed by atoms with E-state index in [1.54, 1.807) is 0 Å². The van der Waals surface area contributed by atoms with Crippen LogP contribution in [0, 0.1) is 5.41 Å². The molecule has 0 aromatic carbocycles. The zero-order valence-corrected chi connectivity index (χ0v) is 9.61. The maximum absolute atomic E-state index is 6.19. The second-order valence-electron chi connectivity index (χ2n) is 4.62. The summed E-state index contributed by atoms with van der Waals surface area (Å²) in [4.78, 5) is 4.07.